The van der Waals surface area contributed by atoms with Crippen molar-refractivity contribution in [1.29, 1.82) is 5.26 Å². The third kappa shape index (κ3) is 3.70. The number of esters is 1. The van der Waals surface area contributed by atoms with Crippen LogP contribution in [0.5, 0.6) is 0 Å². The molecular weight excluding hydrogens is 324 g/mol. The maximum absolute atomic E-state index is 12.7. The lowest BCUT2D eigenvalue weighted by Gasteiger charge is -2.12. The van der Waals surface area contributed by atoms with Crippen molar-refractivity contribution in [2.45, 2.75) is 6.92 Å². The summed E-state index contributed by atoms with van der Waals surface area (Å²) in [6.07, 6.45) is 0. The molecule has 0 aliphatic carbocycles. The summed E-state index contributed by atoms with van der Waals surface area (Å²) in [6.45, 7) is 1.61. The van der Waals surface area contributed by atoms with Crippen molar-refractivity contribution in [2.75, 3.05) is 6.61 Å². The van der Waals surface area contributed by atoms with E-state index in [0.717, 1.165) is 0 Å². The lowest BCUT2D eigenvalue weighted by atomic mass is 9.91. The molecule has 2 rings (SSSR count). The number of Topliss-reactive ketones (excluding diaryl/α,β-unsaturated/α-hetero) is 1. The zero-order valence-electron chi connectivity index (χ0n) is 13.3. The Labute approximate surface area is 143 Å². The van der Waals surface area contributed by atoms with Gasteiger partial charge in [0.25, 0.3) is 5.69 Å². The molecule has 0 bridgehead atoms. The zero-order valence-corrected chi connectivity index (χ0v) is 13.3. The van der Waals surface area contributed by atoms with Crippen LogP contribution in [0.4, 0.5) is 5.69 Å². The molecule has 0 radical (unpaired) electrons. The van der Waals surface area contributed by atoms with Crippen molar-refractivity contribution in [3.05, 3.63) is 64.2 Å². The number of carbonyl (C=O) groups excluding carboxylic acids is 2. The van der Waals surface area contributed by atoms with Gasteiger partial charge in [0.05, 0.1) is 23.2 Å². The summed E-state index contributed by atoms with van der Waals surface area (Å²) >= 11 is 0. The summed E-state index contributed by atoms with van der Waals surface area (Å²) in [5.74, 6) is -3.31. The van der Waals surface area contributed by atoms with Crippen LogP contribution in [0.2, 0.25) is 0 Å². The van der Waals surface area contributed by atoms with Crippen molar-refractivity contribution in [3.8, 4) is 17.2 Å². The van der Waals surface area contributed by atoms with Crippen LogP contribution in [0.1, 0.15) is 17.3 Å². The zero-order chi connectivity index (χ0) is 18.4. The van der Waals surface area contributed by atoms with Gasteiger partial charge in [0, 0.05) is 11.6 Å². The molecule has 0 aliphatic heterocycles. The van der Waals surface area contributed by atoms with E-state index in [0.29, 0.717) is 0 Å². The maximum Gasteiger partial charge on any atom is 0.331 e. The lowest BCUT2D eigenvalue weighted by Crippen LogP contribution is -2.25. The van der Waals surface area contributed by atoms with Crippen molar-refractivity contribution in [3.63, 3.8) is 0 Å². The van der Waals surface area contributed by atoms with E-state index in [1.165, 1.54) is 30.3 Å². The molecule has 2 aromatic carbocycles. The molecule has 0 saturated carbocycles. The van der Waals surface area contributed by atoms with Gasteiger partial charge < -0.3 is 4.74 Å². The van der Waals surface area contributed by atoms with Crippen LogP contribution in [0, 0.1) is 27.4 Å². The van der Waals surface area contributed by atoms with Crippen molar-refractivity contribution in [1.82, 2.24) is 0 Å². The smallest absolute Gasteiger partial charge is 0.331 e. The summed E-state index contributed by atoms with van der Waals surface area (Å²) in [5.41, 5.74) is 0.394. The van der Waals surface area contributed by atoms with Crippen molar-refractivity contribution < 1.29 is 19.2 Å². The van der Waals surface area contributed by atoms with E-state index < -0.39 is 22.6 Å². The predicted octanol–water partition coefficient (Wildman–Crippen LogP) is 3.15. The number of ketones is 1. The Morgan fingerprint density at radius 2 is 1.76 bits per heavy atom. The quantitative estimate of drug-likeness (QED) is 0.263. The number of hydrogen-bond donors (Lipinski definition) is 0. The lowest BCUT2D eigenvalue weighted by molar-refractivity contribution is -0.384. The molecule has 0 N–H and O–H groups in total. The third-order valence-corrected chi connectivity index (χ3v) is 3.50. The molecule has 0 amide bonds. The van der Waals surface area contributed by atoms with Crippen molar-refractivity contribution >= 4 is 17.4 Å². The Kier molecular flexibility index (Phi) is 5.58. The van der Waals surface area contributed by atoms with Gasteiger partial charge in [-0.2, -0.15) is 5.26 Å². The summed E-state index contributed by atoms with van der Waals surface area (Å²) < 4.78 is 4.75. The Bertz CT molecular complexity index is 870. The summed E-state index contributed by atoms with van der Waals surface area (Å²) in [4.78, 5) is 35.2. The Balaban J connectivity index is 2.56. The van der Waals surface area contributed by atoms with Crippen LogP contribution in [-0.2, 0) is 9.53 Å². The Morgan fingerprint density at radius 1 is 1.16 bits per heavy atom. The number of para-hydroxylation sites is 1. The number of nitro benzene ring substituents is 1. The summed E-state index contributed by atoms with van der Waals surface area (Å²) in [5, 5.41) is 20.4. The molecule has 0 fully saturated rings. The van der Waals surface area contributed by atoms with E-state index >= 15 is 0 Å². The van der Waals surface area contributed by atoms with E-state index in [2.05, 4.69) is 0 Å². The molecule has 0 unspecified atom stereocenters. The fourth-order valence-corrected chi connectivity index (χ4v) is 2.39. The second-order valence-corrected chi connectivity index (χ2v) is 5.00. The van der Waals surface area contributed by atoms with E-state index in [1.807, 2.05) is 0 Å². The van der Waals surface area contributed by atoms with Crippen LogP contribution in [0.25, 0.3) is 11.1 Å². The molecule has 126 valence electrons. The average Bonchev–Trinajstić information content (AvgIpc) is 2.62. The van der Waals surface area contributed by atoms with Gasteiger partial charge in [-0.3, -0.25) is 19.7 Å². The largest absolute Gasteiger partial charge is 0.465 e. The highest BCUT2D eigenvalue weighted by molar-refractivity contribution is 6.14. The van der Waals surface area contributed by atoms with Gasteiger partial charge in [0.1, 0.15) is 0 Å². The number of benzene rings is 2. The van der Waals surface area contributed by atoms with Crippen LogP contribution >= 0.6 is 0 Å². The Morgan fingerprint density at radius 3 is 2.36 bits per heavy atom. The molecule has 2 aromatic rings. The molecule has 25 heavy (non-hydrogen) atoms. The fraction of sp³-hybridized carbons (Fsp3) is 0.167. The summed E-state index contributed by atoms with van der Waals surface area (Å²) in [7, 11) is 0. The molecule has 0 aromatic heterocycles. The number of carbonyl (C=O) groups is 2. The van der Waals surface area contributed by atoms with E-state index in [1.54, 1.807) is 31.2 Å². The first-order valence-corrected chi connectivity index (χ1v) is 7.44. The fourth-order valence-electron chi connectivity index (χ4n) is 2.39. The van der Waals surface area contributed by atoms with Gasteiger partial charge in [0.2, 0.25) is 5.92 Å². The van der Waals surface area contributed by atoms with Gasteiger partial charge in [-0.25, -0.2) is 0 Å². The first-order chi connectivity index (χ1) is 12.0. The highest BCUT2D eigenvalue weighted by Gasteiger charge is 2.31. The monoisotopic (exact) mass is 338 g/mol. The number of nitriles is 1. The number of ether oxygens (including phenoxy) is 1. The van der Waals surface area contributed by atoms with Gasteiger partial charge in [-0.05, 0) is 18.6 Å². The number of nitrogens with zero attached hydrogens (tertiary/aromatic N) is 2. The highest BCUT2D eigenvalue weighted by atomic mass is 16.6. The van der Waals surface area contributed by atoms with Gasteiger partial charge >= 0.3 is 5.97 Å². The maximum atomic E-state index is 12.7. The SMILES string of the molecule is CCOC(=O)[C@@H](C#N)C(=O)c1ccccc1-c1ccccc1[N+](=O)[O-]. The number of hydrogen-bond acceptors (Lipinski definition) is 6. The minimum absolute atomic E-state index is 0.0378. The second-order valence-electron chi connectivity index (χ2n) is 5.00. The van der Waals surface area contributed by atoms with Gasteiger partial charge in [-0.1, -0.05) is 36.4 Å². The molecule has 1 atom stereocenters. The second kappa shape index (κ2) is 7.84. The highest BCUT2D eigenvalue weighted by Crippen LogP contribution is 2.33. The molecule has 7 nitrogen and oxygen atoms in total. The number of rotatable bonds is 6. The molecule has 0 aliphatic rings. The normalized spacial score (nSPS) is 11.2. The van der Waals surface area contributed by atoms with Crippen LogP contribution in [-0.4, -0.2) is 23.3 Å². The topological polar surface area (TPSA) is 110 Å². The van der Waals surface area contributed by atoms with Crippen molar-refractivity contribution in [2.24, 2.45) is 5.92 Å². The summed E-state index contributed by atoms with van der Waals surface area (Å²) in [6, 6.07) is 13.7. The molecular formula is C18H14N2O5. The van der Waals surface area contributed by atoms with Gasteiger partial charge in [0.15, 0.2) is 5.78 Å². The minimum Gasteiger partial charge on any atom is -0.465 e. The van der Waals surface area contributed by atoms with Crippen LogP contribution in [0.15, 0.2) is 48.5 Å². The predicted molar refractivity (Wildman–Crippen MR) is 88.6 cm³/mol. The number of nitro groups is 1. The van der Waals surface area contributed by atoms with E-state index in [-0.39, 0.29) is 29.0 Å². The third-order valence-electron chi connectivity index (χ3n) is 3.50. The van der Waals surface area contributed by atoms with E-state index in [4.69, 9.17) is 4.74 Å². The molecule has 0 spiro atoms. The average molecular weight is 338 g/mol. The minimum atomic E-state index is -1.62. The standard InChI is InChI=1S/C18H14N2O5/c1-2-25-18(22)15(11-19)17(21)14-9-4-3-7-12(14)13-8-5-6-10-16(13)20(23)24/h3-10,15H,2H2,1H3/t15-/m0/s1. The molecule has 0 saturated heterocycles. The van der Waals surface area contributed by atoms with Crippen LogP contribution < -0.4 is 0 Å². The first kappa shape index (κ1) is 17.8. The molecule has 0 heterocycles. The van der Waals surface area contributed by atoms with Gasteiger partial charge in [-0.15, -0.1) is 0 Å². The van der Waals surface area contributed by atoms with Crippen LogP contribution in [0.3, 0.4) is 0 Å². The van der Waals surface area contributed by atoms with E-state index in [9.17, 15) is 25.0 Å². The Hall–Kier alpha value is -3.53. The molecule has 7 heteroatoms. The first-order valence-electron chi connectivity index (χ1n) is 7.44.